The van der Waals surface area contributed by atoms with Gasteiger partial charge in [-0.05, 0) is 18.6 Å². The van der Waals surface area contributed by atoms with E-state index in [1.165, 1.54) is 31.0 Å². The Kier molecular flexibility index (Phi) is 11.5. The van der Waals surface area contributed by atoms with Gasteiger partial charge in [0.15, 0.2) is 5.75 Å². The molecule has 0 fully saturated rings. The standard InChI is InChI=1S/C15H22O5S.H4O4Si/c1-2-3-4-5-6-7-12-15(16)20-13-10-8-9-11-14(13)21(17,18)19;1-5(2,3)4/h8-11H,2-7,12H2,1H3,(H,17,18,19);1-4H. The molecule has 0 amide bonds. The van der Waals surface area contributed by atoms with Crippen LogP contribution < -0.4 is 4.74 Å². The van der Waals surface area contributed by atoms with Crippen molar-refractivity contribution in [2.45, 2.75) is 56.8 Å². The average Bonchev–Trinajstić information content (AvgIpc) is 2.48. The lowest BCUT2D eigenvalue weighted by atomic mass is 10.1. The third kappa shape index (κ3) is 13.9. The number of benzene rings is 1. The number of unbranched alkanes of at least 4 members (excludes halogenated alkanes) is 5. The lowest BCUT2D eigenvalue weighted by molar-refractivity contribution is -0.134. The van der Waals surface area contributed by atoms with E-state index in [-0.39, 0.29) is 17.1 Å². The molecule has 0 saturated carbocycles. The largest absolute Gasteiger partial charge is 0.668 e. The first-order chi connectivity index (χ1) is 11.9. The third-order valence-corrected chi connectivity index (χ3v) is 3.98. The Labute approximate surface area is 154 Å². The normalized spacial score (nSPS) is 11.5. The third-order valence-electron chi connectivity index (χ3n) is 3.09. The van der Waals surface area contributed by atoms with Crippen LogP contribution in [0, 0.1) is 0 Å². The van der Waals surface area contributed by atoms with E-state index in [2.05, 4.69) is 6.92 Å². The molecule has 26 heavy (non-hydrogen) atoms. The molecule has 0 unspecified atom stereocenters. The van der Waals surface area contributed by atoms with Crippen molar-refractivity contribution in [1.82, 2.24) is 0 Å². The molecule has 0 saturated heterocycles. The predicted octanol–water partition coefficient (Wildman–Crippen LogP) is 0.980. The first kappa shape index (κ1) is 24.7. The van der Waals surface area contributed by atoms with Gasteiger partial charge in [0.1, 0.15) is 4.90 Å². The van der Waals surface area contributed by atoms with Crippen molar-refractivity contribution in [2.75, 3.05) is 0 Å². The highest BCUT2D eigenvalue weighted by Gasteiger charge is 2.22. The van der Waals surface area contributed by atoms with Crippen LogP contribution in [0.3, 0.4) is 0 Å². The summed E-state index contributed by atoms with van der Waals surface area (Å²) in [5, 5.41) is 0. The topological polar surface area (TPSA) is 162 Å². The zero-order valence-corrected chi connectivity index (χ0v) is 16.4. The molecule has 5 N–H and O–H groups in total. The quantitative estimate of drug-likeness (QED) is 0.131. The van der Waals surface area contributed by atoms with Gasteiger partial charge in [-0.2, -0.15) is 8.42 Å². The van der Waals surface area contributed by atoms with Crippen LogP contribution in [0.25, 0.3) is 0 Å². The van der Waals surface area contributed by atoms with Gasteiger partial charge in [-0.25, -0.2) is 0 Å². The first-order valence-corrected chi connectivity index (χ1v) is 11.3. The van der Waals surface area contributed by atoms with Crippen LogP contribution in [0.15, 0.2) is 29.2 Å². The van der Waals surface area contributed by atoms with Crippen molar-refractivity contribution < 1.29 is 41.7 Å². The Balaban J connectivity index is 0.00000110. The van der Waals surface area contributed by atoms with Crippen LogP contribution >= 0.6 is 0 Å². The van der Waals surface area contributed by atoms with Crippen molar-refractivity contribution in [3.8, 4) is 5.75 Å². The number of esters is 1. The smallest absolute Gasteiger partial charge is 0.425 e. The van der Waals surface area contributed by atoms with Gasteiger partial charge in [-0.1, -0.05) is 51.2 Å². The summed E-state index contributed by atoms with van der Waals surface area (Å²) >= 11 is 0. The zero-order valence-electron chi connectivity index (χ0n) is 14.5. The van der Waals surface area contributed by atoms with E-state index in [1.54, 1.807) is 6.07 Å². The molecule has 9 nitrogen and oxygen atoms in total. The van der Waals surface area contributed by atoms with Crippen LogP contribution in [0.5, 0.6) is 5.75 Å². The van der Waals surface area contributed by atoms with E-state index in [9.17, 15) is 13.2 Å². The summed E-state index contributed by atoms with van der Waals surface area (Å²) in [4.78, 5) is 40.6. The molecule has 1 rings (SSSR count). The molecule has 0 spiro atoms. The number of hydrogen-bond donors (Lipinski definition) is 5. The van der Waals surface area contributed by atoms with Crippen molar-refractivity contribution >= 4 is 25.1 Å². The van der Waals surface area contributed by atoms with Crippen molar-refractivity contribution in [1.29, 1.82) is 0 Å². The lowest BCUT2D eigenvalue weighted by Gasteiger charge is -2.07. The Morgan fingerprint density at radius 2 is 1.50 bits per heavy atom. The highest BCUT2D eigenvalue weighted by molar-refractivity contribution is 7.86. The molecule has 0 radical (unpaired) electrons. The fourth-order valence-corrected chi connectivity index (χ4v) is 2.59. The molecule has 1 aromatic carbocycles. The maximum absolute atomic E-state index is 11.7. The maximum Gasteiger partial charge on any atom is 0.668 e. The summed E-state index contributed by atoms with van der Waals surface area (Å²) in [6.45, 7) is 2.14. The molecule has 150 valence electrons. The monoisotopic (exact) mass is 410 g/mol. The minimum Gasteiger partial charge on any atom is -0.425 e. The number of hydrogen-bond acceptors (Lipinski definition) is 8. The lowest BCUT2D eigenvalue weighted by Crippen LogP contribution is -2.33. The van der Waals surface area contributed by atoms with Crippen LogP contribution in [0.4, 0.5) is 0 Å². The molecule has 0 aliphatic carbocycles. The SMILES string of the molecule is CCCCCCCCC(=O)Oc1ccccc1S(=O)(=O)O.O[Si](O)(O)O. The van der Waals surface area contributed by atoms with Crippen molar-refractivity contribution in [3.63, 3.8) is 0 Å². The number of rotatable bonds is 9. The highest BCUT2D eigenvalue weighted by Crippen LogP contribution is 2.23. The van der Waals surface area contributed by atoms with E-state index in [1.807, 2.05) is 0 Å². The molecule has 0 bridgehead atoms. The Morgan fingerprint density at radius 3 is 2.04 bits per heavy atom. The first-order valence-electron chi connectivity index (χ1n) is 8.11. The second-order valence-corrected chi connectivity index (χ2v) is 8.10. The van der Waals surface area contributed by atoms with E-state index in [4.69, 9.17) is 28.5 Å². The van der Waals surface area contributed by atoms with Crippen LogP contribution in [0.1, 0.15) is 51.9 Å². The van der Waals surface area contributed by atoms with E-state index in [0.717, 1.165) is 25.7 Å². The second kappa shape index (κ2) is 12.1. The van der Waals surface area contributed by atoms with Gasteiger partial charge in [-0.15, -0.1) is 0 Å². The molecular weight excluding hydrogens is 384 g/mol. The molecule has 0 atom stereocenters. The minimum absolute atomic E-state index is 0.129. The van der Waals surface area contributed by atoms with Gasteiger partial charge < -0.3 is 23.9 Å². The van der Waals surface area contributed by atoms with E-state index in [0.29, 0.717) is 0 Å². The summed E-state index contributed by atoms with van der Waals surface area (Å²) in [5.41, 5.74) is 0. The summed E-state index contributed by atoms with van der Waals surface area (Å²) in [7, 11) is -9.00. The van der Waals surface area contributed by atoms with Gasteiger partial charge in [0.05, 0.1) is 0 Å². The second-order valence-electron chi connectivity index (χ2n) is 5.51. The van der Waals surface area contributed by atoms with Crippen LogP contribution in [0.2, 0.25) is 0 Å². The average molecular weight is 411 g/mol. The van der Waals surface area contributed by atoms with Gasteiger partial charge in [0, 0.05) is 6.42 Å². The molecule has 1 aromatic rings. The summed E-state index contributed by atoms with van der Waals surface area (Å²) in [5.74, 6) is -0.613. The number of para-hydroxylation sites is 1. The van der Waals surface area contributed by atoms with E-state index >= 15 is 0 Å². The number of carbonyl (C=O) groups is 1. The highest BCUT2D eigenvalue weighted by atomic mass is 32.2. The fraction of sp³-hybridized carbons (Fsp3) is 0.533. The predicted molar refractivity (Wildman–Crippen MR) is 94.5 cm³/mol. The van der Waals surface area contributed by atoms with E-state index < -0.39 is 25.1 Å². The molecule has 0 heterocycles. The van der Waals surface area contributed by atoms with Gasteiger partial charge in [-0.3, -0.25) is 9.35 Å². The number of ether oxygens (including phenoxy) is 1. The van der Waals surface area contributed by atoms with Crippen LogP contribution in [-0.4, -0.2) is 47.2 Å². The molecule has 0 aromatic heterocycles. The summed E-state index contributed by atoms with van der Waals surface area (Å²) in [6, 6.07) is 5.54. The summed E-state index contributed by atoms with van der Waals surface area (Å²) in [6.07, 6.45) is 6.54. The Bertz CT molecular complexity index is 635. The fourth-order valence-electron chi connectivity index (χ4n) is 1.97. The molecule has 0 aliphatic heterocycles. The van der Waals surface area contributed by atoms with Gasteiger partial charge >= 0.3 is 15.0 Å². The molecular formula is C15H26O9SSi. The zero-order chi connectivity index (χ0) is 20.2. The molecule has 11 heteroatoms. The molecule has 0 aliphatic rings. The number of carbonyl (C=O) groups excluding carboxylic acids is 1. The van der Waals surface area contributed by atoms with Crippen LogP contribution in [-0.2, 0) is 14.9 Å². The maximum atomic E-state index is 11.7. The minimum atomic E-state index is -4.61. The van der Waals surface area contributed by atoms with Gasteiger partial charge in [0.25, 0.3) is 10.1 Å². The van der Waals surface area contributed by atoms with Crippen molar-refractivity contribution in [2.24, 2.45) is 0 Å². The summed E-state index contributed by atoms with van der Waals surface area (Å²) < 4.78 is 36.4. The Morgan fingerprint density at radius 1 is 1.00 bits per heavy atom. The Hall–Kier alpha value is -1.34. The van der Waals surface area contributed by atoms with Crippen molar-refractivity contribution in [3.05, 3.63) is 24.3 Å². The van der Waals surface area contributed by atoms with Gasteiger partial charge in [0.2, 0.25) is 0 Å².